The Balaban J connectivity index is 2.24. The van der Waals surface area contributed by atoms with Gasteiger partial charge in [-0.1, -0.05) is 13.3 Å². The molecule has 0 aromatic carbocycles. The third-order valence-corrected chi connectivity index (χ3v) is 2.93. The molecule has 0 radical (unpaired) electrons. The second-order valence-electron chi connectivity index (χ2n) is 5.97. The first-order chi connectivity index (χ1) is 8.40. The Labute approximate surface area is 110 Å². The van der Waals surface area contributed by atoms with Crippen LogP contribution in [0.2, 0.25) is 0 Å². The Morgan fingerprint density at radius 2 is 2.17 bits per heavy atom. The molecule has 1 heterocycles. The standard InChI is InChI=1S/C14H27NO3/c1-5-6-12-9-11(7-8-17-12)15-10-13(16)18-14(2,3)4/h11-12,15H,5-10H2,1-4H3. The number of nitrogens with one attached hydrogen (secondary N) is 1. The molecule has 0 aromatic rings. The van der Waals surface area contributed by atoms with Crippen molar-refractivity contribution in [2.24, 2.45) is 0 Å². The third-order valence-electron chi connectivity index (χ3n) is 2.93. The van der Waals surface area contributed by atoms with E-state index in [0.29, 0.717) is 18.7 Å². The van der Waals surface area contributed by atoms with Crippen molar-refractivity contribution in [1.29, 1.82) is 0 Å². The van der Waals surface area contributed by atoms with Gasteiger partial charge in [0.2, 0.25) is 0 Å². The number of hydrogen-bond acceptors (Lipinski definition) is 4. The van der Waals surface area contributed by atoms with Gasteiger partial charge in [0.25, 0.3) is 0 Å². The van der Waals surface area contributed by atoms with Crippen LogP contribution < -0.4 is 5.32 Å². The first-order valence-electron chi connectivity index (χ1n) is 6.97. The minimum absolute atomic E-state index is 0.180. The fourth-order valence-electron chi connectivity index (χ4n) is 2.19. The Kier molecular flexibility index (Phi) is 6.09. The van der Waals surface area contributed by atoms with E-state index in [1.54, 1.807) is 0 Å². The number of carbonyl (C=O) groups is 1. The molecule has 2 unspecified atom stereocenters. The van der Waals surface area contributed by atoms with Crippen molar-refractivity contribution in [2.45, 2.75) is 71.1 Å². The van der Waals surface area contributed by atoms with Crippen molar-refractivity contribution in [3.63, 3.8) is 0 Å². The SMILES string of the molecule is CCCC1CC(NCC(=O)OC(C)(C)C)CCO1. The molecule has 0 spiro atoms. The van der Waals surface area contributed by atoms with Gasteiger partial charge in [0.15, 0.2) is 0 Å². The minimum Gasteiger partial charge on any atom is -0.459 e. The van der Waals surface area contributed by atoms with Crippen molar-refractivity contribution in [3.8, 4) is 0 Å². The molecule has 0 bridgehead atoms. The maximum Gasteiger partial charge on any atom is 0.320 e. The Bertz CT molecular complexity index is 258. The molecule has 1 N–H and O–H groups in total. The molecule has 106 valence electrons. The first-order valence-corrected chi connectivity index (χ1v) is 6.97. The van der Waals surface area contributed by atoms with Crippen LogP contribution in [0.4, 0.5) is 0 Å². The fourth-order valence-corrected chi connectivity index (χ4v) is 2.19. The lowest BCUT2D eigenvalue weighted by Crippen LogP contribution is -2.42. The monoisotopic (exact) mass is 257 g/mol. The smallest absolute Gasteiger partial charge is 0.320 e. The van der Waals surface area contributed by atoms with E-state index >= 15 is 0 Å². The zero-order chi connectivity index (χ0) is 13.6. The highest BCUT2D eigenvalue weighted by atomic mass is 16.6. The quantitative estimate of drug-likeness (QED) is 0.768. The number of rotatable bonds is 5. The highest BCUT2D eigenvalue weighted by Crippen LogP contribution is 2.17. The van der Waals surface area contributed by atoms with Crippen LogP contribution in [0.5, 0.6) is 0 Å². The van der Waals surface area contributed by atoms with Crippen LogP contribution in [0.3, 0.4) is 0 Å². The fraction of sp³-hybridized carbons (Fsp3) is 0.929. The summed E-state index contributed by atoms with van der Waals surface area (Å²) >= 11 is 0. The van der Waals surface area contributed by atoms with Gasteiger partial charge in [-0.3, -0.25) is 4.79 Å². The maximum absolute atomic E-state index is 11.6. The van der Waals surface area contributed by atoms with Crippen LogP contribution in [0.25, 0.3) is 0 Å². The van der Waals surface area contributed by atoms with Gasteiger partial charge in [0, 0.05) is 12.6 Å². The molecule has 0 aliphatic carbocycles. The summed E-state index contributed by atoms with van der Waals surface area (Å²) in [7, 11) is 0. The third kappa shape index (κ3) is 6.36. The van der Waals surface area contributed by atoms with Crippen LogP contribution in [0.15, 0.2) is 0 Å². The molecule has 1 rings (SSSR count). The summed E-state index contributed by atoms with van der Waals surface area (Å²) in [4.78, 5) is 11.6. The zero-order valence-electron chi connectivity index (χ0n) is 12.1. The Morgan fingerprint density at radius 1 is 1.44 bits per heavy atom. The highest BCUT2D eigenvalue weighted by molar-refractivity contribution is 5.72. The van der Waals surface area contributed by atoms with E-state index in [4.69, 9.17) is 9.47 Å². The summed E-state index contributed by atoms with van der Waals surface area (Å²) in [6.07, 6.45) is 4.56. The maximum atomic E-state index is 11.6. The summed E-state index contributed by atoms with van der Waals surface area (Å²) in [5.41, 5.74) is -0.404. The van der Waals surface area contributed by atoms with E-state index in [2.05, 4.69) is 12.2 Å². The van der Waals surface area contributed by atoms with Crippen molar-refractivity contribution >= 4 is 5.97 Å². The van der Waals surface area contributed by atoms with Crippen LogP contribution in [-0.4, -0.2) is 36.9 Å². The molecule has 0 saturated carbocycles. The molecule has 18 heavy (non-hydrogen) atoms. The number of carbonyl (C=O) groups excluding carboxylic acids is 1. The number of ether oxygens (including phenoxy) is 2. The van der Waals surface area contributed by atoms with Crippen LogP contribution >= 0.6 is 0 Å². The van der Waals surface area contributed by atoms with Gasteiger partial charge in [0.05, 0.1) is 12.6 Å². The van der Waals surface area contributed by atoms with E-state index in [9.17, 15) is 4.79 Å². The largest absolute Gasteiger partial charge is 0.459 e. The molecule has 2 atom stereocenters. The molecule has 4 heteroatoms. The van der Waals surface area contributed by atoms with Gasteiger partial charge in [-0.05, 0) is 40.0 Å². The predicted octanol–water partition coefficient (Wildman–Crippen LogP) is 2.27. The average molecular weight is 257 g/mol. The van der Waals surface area contributed by atoms with Gasteiger partial charge < -0.3 is 14.8 Å². The second-order valence-corrected chi connectivity index (χ2v) is 5.97. The number of esters is 1. The summed E-state index contributed by atoms with van der Waals surface area (Å²) in [6.45, 7) is 8.91. The van der Waals surface area contributed by atoms with E-state index in [0.717, 1.165) is 32.3 Å². The molecule has 1 fully saturated rings. The lowest BCUT2D eigenvalue weighted by Gasteiger charge is -2.30. The molecule has 0 aromatic heterocycles. The lowest BCUT2D eigenvalue weighted by atomic mass is 10.0. The van der Waals surface area contributed by atoms with Crippen molar-refractivity contribution in [3.05, 3.63) is 0 Å². The summed E-state index contributed by atoms with van der Waals surface area (Å²) in [6, 6.07) is 0.378. The second kappa shape index (κ2) is 7.10. The van der Waals surface area contributed by atoms with Gasteiger partial charge in [-0.25, -0.2) is 0 Å². The van der Waals surface area contributed by atoms with E-state index in [1.807, 2.05) is 20.8 Å². The summed E-state index contributed by atoms with van der Waals surface area (Å²) in [5.74, 6) is -0.180. The predicted molar refractivity (Wildman–Crippen MR) is 71.5 cm³/mol. The molecule has 4 nitrogen and oxygen atoms in total. The Morgan fingerprint density at radius 3 is 2.78 bits per heavy atom. The highest BCUT2D eigenvalue weighted by Gasteiger charge is 2.23. The van der Waals surface area contributed by atoms with Gasteiger partial charge in [-0.15, -0.1) is 0 Å². The normalized spacial score (nSPS) is 24.9. The molecule has 0 amide bonds. The van der Waals surface area contributed by atoms with Gasteiger partial charge >= 0.3 is 5.97 Å². The lowest BCUT2D eigenvalue weighted by molar-refractivity contribution is -0.154. The summed E-state index contributed by atoms with van der Waals surface area (Å²) in [5, 5.41) is 3.28. The molecule has 1 saturated heterocycles. The molecular weight excluding hydrogens is 230 g/mol. The first kappa shape index (κ1) is 15.4. The van der Waals surface area contributed by atoms with Crippen molar-refractivity contribution < 1.29 is 14.3 Å². The topological polar surface area (TPSA) is 47.6 Å². The van der Waals surface area contributed by atoms with Crippen molar-refractivity contribution in [2.75, 3.05) is 13.2 Å². The minimum atomic E-state index is -0.404. The van der Waals surface area contributed by atoms with Gasteiger partial charge in [0.1, 0.15) is 5.60 Å². The molecule has 1 aliphatic heterocycles. The number of hydrogen-bond donors (Lipinski definition) is 1. The Hall–Kier alpha value is -0.610. The van der Waals surface area contributed by atoms with E-state index < -0.39 is 5.60 Å². The van der Waals surface area contributed by atoms with Crippen LogP contribution in [-0.2, 0) is 14.3 Å². The zero-order valence-corrected chi connectivity index (χ0v) is 12.1. The van der Waals surface area contributed by atoms with Crippen molar-refractivity contribution in [1.82, 2.24) is 5.32 Å². The van der Waals surface area contributed by atoms with E-state index in [1.165, 1.54) is 0 Å². The van der Waals surface area contributed by atoms with Crippen LogP contribution in [0.1, 0.15) is 53.4 Å². The summed E-state index contributed by atoms with van der Waals surface area (Å²) < 4.78 is 11.0. The van der Waals surface area contributed by atoms with Crippen LogP contribution in [0, 0.1) is 0 Å². The van der Waals surface area contributed by atoms with Gasteiger partial charge in [-0.2, -0.15) is 0 Å². The molecule has 1 aliphatic rings. The average Bonchev–Trinajstić information content (AvgIpc) is 2.25. The van der Waals surface area contributed by atoms with E-state index in [-0.39, 0.29) is 5.97 Å². The molecular formula is C14H27NO3.